The van der Waals surface area contributed by atoms with Crippen LogP contribution in [0.5, 0.6) is 0 Å². The molecule has 0 aromatic carbocycles. The molecule has 0 saturated heterocycles. The van der Waals surface area contributed by atoms with Gasteiger partial charge in [0.1, 0.15) is 5.82 Å². The Kier molecular flexibility index (Phi) is 2.19. The summed E-state index contributed by atoms with van der Waals surface area (Å²) in [7, 11) is 0. The highest BCUT2D eigenvalue weighted by Gasteiger charge is 2.37. The van der Waals surface area contributed by atoms with Crippen molar-refractivity contribution in [3.8, 4) is 0 Å². The molecule has 16 heavy (non-hydrogen) atoms. The molecule has 3 rings (SSSR count). The summed E-state index contributed by atoms with van der Waals surface area (Å²) in [5, 5.41) is 6.67. The first-order chi connectivity index (χ1) is 7.74. The van der Waals surface area contributed by atoms with Crippen molar-refractivity contribution in [2.45, 2.75) is 38.6 Å². The first-order valence-electron chi connectivity index (χ1n) is 5.94. The summed E-state index contributed by atoms with van der Waals surface area (Å²) in [6, 6.07) is 0.451. The van der Waals surface area contributed by atoms with Gasteiger partial charge in [-0.15, -0.1) is 5.10 Å². The number of aromatic nitrogens is 3. The van der Waals surface area contributed by atoms with Gasteiger partial charge in [-0.1, -0.05) is 0 Å². The van der Waals surface area contributed by atoms with Crippen LogP contribution in [0.25, 0.3) is 0 Å². The number of rotatable bonds is 4. The Bertz CT molecular complexity index is 406. The van der Waals surface area contributed by atoms with E-state index in [0.717, 1.165) is 25.3 Å². The van der Waals surface area contributed by atoms with E-state index in [2.05, 4.69) is 15.2 Å². The second-order valence-corrected chi connectivity index (χ2v) is 4.88. The second-order valence-electron chi connectivity index (χ2n) is 4.88. The number of aromatic amines is 1. The summed E-state index contributed by atoms with van der Waals surface area (Å²) in [6.45, 7) is 2.71. The van der Waals surface area contributed by atoms with E-state index >= 15 is 0 Å². The standard InChI is InChI=1S/C11H16N4O/c1-7-12-10(14-13-7)11(16)15(9-4-5-9)6-8-2-3-8/h8-9H,2-6H2,1H3,(H,12,13,14). The van der Waals surface area contributed by atoms with E-state index in [1.807, 2.05) is 11.8 Å². The van der Waals surface area contributed by atoms with E-state index in [1.54, 1.807) is 0 Å². The van der Waals surface area contributed by atoms with Gasteiger partial charge in [-0.25, -0.2) is 4.98 Å². The zero-order valence-electron chi connectivity index (χ0n) is 9.44. The van der Waals surface area contributed by atoms with Gasteiger partial charge in [-0.05, 0) is 38.5 Å². The van der Waals surface area contributed by atoms with Gasteiger partial charge in [-0.3, -0.25) is 9.89 Å². The molecule has 2 fully saturated rings. The third-order valence-electron chi connectivity index (χ3n) is 3.19. The van der Waals surface area contributed by atoms with Gasteiger partial charge in [-0.2, -0.15) is 0 Å². The molecule has 0 aliphatic heterocycles. The number of nitrogens with one attached hydrogen (secondary N) is 1. The van der Waals surface area contributed by atoms with Crippen LogP contribution >= 0.6 is 0 Å². The summed E-state index contributed by atoms with van der Waals surface area (Å²) in [4.78, 5) is 18.3. The van der Waals surface area contributed by atoms with Crippen LogP contribution in [0.4, 0.5) is 0 Å². The Morgan fingerprint density at radius 2 is 2.19 bits per heavy atom. The molecule has 0 bridgehead atoms. The third-order valence-corrected chi connectivity index (χ3v) is 3.19. The van der Waals surface area contributed by atoms with Crippen molar-refractivity contribution in [1.29, 1.82) is 0 Å². The van der Waals surface area contributed by atoms with Gasteiger partial charge >= 0.3 is 0 Å². The van der Waals surface area contributed by atoms with Gasteiger partial charge in [0.2, 0.25) is 5.82 Å². The van der Waals surface area contributed by atoms with Gasteiger partial charge in [0.05, 0.1) is 0 Å². The Balaban J connectivity index is 1.74. The lowest BCUT2D eigenvalue weighted by Crippen LogP contribution is -2.35. The van der Waals surface area contributed by atoms with E-state index in [1.165, 1.54) is 12.8 Å². The van der Waals surface area contributed by atoms with Crippen molar-refractivity contribution >= 4 is 5.91 Å². The van der Waals surface area contributed by atoms with Crippen molar-refractivity contribution in [1.82, 2.24) is 20.1 Å². The highest BCUT2D eigenvalue weighted by Crippen LogP contribution is 2.35. The fraction of sp³-hybridized carbons (Fsp3) is 0.727. The fourth-order valence-electron chi connectivity index (χ4n) is 1.93. The molecular formula is C11H16N4O. The van der Waals surface area contributed by atoms with E-state index in [4.69, 9.17) is 0 Å². The molecule has 1 amide bonds. The SMILES string of the molecule is Cc1nc(C(=O)N(CC2CC2)C2CC2)n[nH]1. The van der Waals surface area contributed by atoms with E-state index in [9.17, 15) is 4.79 Å². The number of hydrogen-bond donors (Lipinski definition) is 1. The van der Waals surface area contributed by atoms with Crippen LogP contribution in [-0.4, -0.2) is 38.6 Å². The maximum absolute atomic E-state index is 12.2. The van der Waals surface area contributed by atoms with Crippen molar-refractivity contribution < 1.29 is 4.79 Å². The van der Waals surface area contributed by atoms with Crippen molar-refractivity contribution in [3.05, 3.63) is 11.6 Å². The fourth-order valence-corrected chi connectivity index (χ4v) is 1.93. The van der Waals surface area contributed by atoms with Crippen LogP contribution in [0.2, 0.25) is 0 Å². The number of H-pyrrole nitrogens is 1. The molecule has 2 saturated carbocycles. The Morgan fingerprint density at radius 3 is 2.69 bits per heavy atom. The van der Waals surface area contributed by atoms with Gasteiger partial charge in [0.15, 0.2) is 0 Å². The minimum Gasteiger partial charge on any atom is -0.333 e. The zero-order chi connectivity index (χ0) is 11.1. The summed E-state index contributed by atoms with van der Waals surface area (Å²) in [5.41, 5.74) is 0. The normalized spacial score (nSPS) is 19.8. The van der Waals surface area contributed by atoms with Crippen molar-refractivity contribution in [2.24, 2.45) is 5.92 Å². The third kappa shape index (κ3) is 1.94. The molecule has 0 unspecified atom stereocenters. The molecule has 1 heterocycles. The van der Waals surface area contributed by atoms with Crippen LogP contribution < -0.4 is 0 Å². The molecule has 5 heteroatoms. The molecule has 1 aromatic heterocycles. The molecule has 1 N–H and O–H groups in total. The second kappa shape index (κ2) is 3.57. The Labute approximate surface area is 94.2 Å². The molecule has 86 valence electrons. The van der Waals surface area contributed by atoms with Crippen LogP contribution in [0, 0.1) is 12.8 Å². The lowest BCUT2D eigenvalue weighted by Gasteiger charge is -2.20. The smallest absolute Gasteiger partial charge is 0.293 e. The molecule has 0 radical (unpaired) electrons. The maximum atomic E-state index is 12.2. The highest BCUT2D eigenvalue weighted by molar-refractivity contribution is 5.90. The van der Waals surface area contributed by atoms with E-state index in [-0.39, 0.29) is 5.91 Å². The lowest BCUT2D eigenvalue weighted by atomic mass is 10.3. The highest BCUT2D eigenvalue weighted by atomic mass is 16.2. The zero-order valence-corrected chi connectivity index (χ0v) is 9.44. The van der Waals surface area contributed by atoms with E-state index in [0.29, 0.717) is 17.7 Å². The van der Waals surface area contributed by atoms with Gasteiger partial charge in [0.25, 0.3) is 5.91 Å². The van der Waals surface area contributed by atoms with Crippen LogP contribution in [0.1, 0.15) is 42.1 Å². The quantitative estimate of drug-likeness (QED) is 0.827. The minimum atomic E-state index is -0.00116. The van der Waals surface area contributed by atoms with E-state index < -0.39 is 0 Å². The first-order valence-corrected chi connectivity index (χ1v) is 5.94. The van der Waals surface area contributed by atoms with Crippen LogP contribution in [-0.2, 0) is 0 Å². The van der Waals surface area contributed by atoms with Gasteiger partial charge < -0.3 is 4.90 Å². The summed E-state index contributed by atoms with van der Waals surface area (Å²) >= 11 is 0. The topological polar surface area (TPSA) is 61.9 Å². The van der Waals surface area contributed by atoms with Crippen molar-refractivity contribution in [2.75, 3.05) is 6.54 Å². The average molecular weight is 220 g/mol. The summed E-state index contributed by atoms with van der Waals surface area (Å²) in [6.07, 6.45) is 4.82. The van der Waals surface area contributed by atoms with Gasteiger partial charge in [0, 0.05) is 12.6 Å². The summed E-state index contributed by atoms with van der Waals surface area (Å²) < 4.78 is 0. The monoisotopic (exact) mass is 220 g/mol. The van der Waals surface area contributed by atoms with Crippen LogP contribution in [0.15, 0.2) is 0 Å². The maximum Gasteiger partial charge on any atom is 0.293 e. The predicted octanol–water partition coefficient (Wildman–Crippen LogP) is 1.13. The predicted molar refractivity (Wildman–Crippen MR) is 57.9 cm³/mol. The summed E-state index contributed by atoms with van der Waals surface area (Å²) in [5.74, 6) is 1.75. The van der Waals surface area contributed by atoms with Crippen molar-refractivity contribution in [3.63, 3.8) is 0 Å². The minimum absolute atomic E-state index is 0.00116. The number of carbonyl (C=O) groups is 1. The Hall–Kier alpha value is -1.39. The number of carbonyl (C=O) groups excluding carboxylic acids is 1. The molecule has 0 spiro atoms. The Morgan fingerprint density at radius 1 is 1.44 bits per heavy atom. The molecular weight excluding hydrogens is 204 g/mol. The number of aryl methyl sites for hydroxylation is 1. The average Bonchev–Trinajstić information content (AvgIpc) is 3.15. The molecule has 5 nitrogen and oxygen atoms in total. The lowest BCUT2D eigenvalue weighted by molar-refractivity contribution is 0.0722. The number of nitrogens with zero attached hydrogens (tertiary/aromatic N) is 3. The first kappa shape index (κ1) is 9.81. The number of hydrogen-bond acceptors (Lipinski definition) is 3. The van der Waals surface area contributed by atoms with Crippen LogP contribution in [0.3, 0.4) is 0 Å². The molecule has 1 aromatic rings. The molecule has 2 aliphatic carbocycles. The molecule has 2 aliphatic rings. The largest absolute Gasteiger partial charge is 0.333 e. The number of amides is 1. The molecule has 0 atom stereocenters.